The molecule has 0 aromatic carbocycles. The highest BCUT2D eigenvalue weighted by molar-refractivity contribution is 5.86. The predicted octanol–water partition coefficient (Wildman–Crippen LogP) is -3.00. The van der Waals surface area contributed by atoms with Gasteiger partial charge in [0.15, 0.2) is 0 Å². The number of amides is 2. The van der Waals surface area contributed by atoms with Gasteiger partial charge in [-0.3, -0.25) is 14.5 Å². The summed E-state index contributed by atoms with van der Waals surface area (Å²) < 4.78 is 0. The van der Waals surface area contributed by atoms with Crippen LogP contribution in [0.3, 0.4) is 0 Å². The van der Waals surface area contributed by atoms with Gasteiger partial charge in [0.05, 0.1) is 25.7 Å². The largest absolute Gasteiger partial charge is 0.395 e. The normalized spacial score (nSPS) is 12.7. The van der Waals surface area contributed by atoms with E-state index in [0.29, 0.717) is 0 Å². The zero-order chi connectivity index (χ0) is 11.8. The third-order valence-corrected chi connectivity index (χ3v) is 1.94. The van der Waals surface area contributed by atoms with Gasteiger partial charge in [0.1, 0.15) is 0 Å². The van der Waals surface area contributed by atoms with E-state index in [2.05, 4.69) is 0 Å². The van der Waals surface area contributed by atoms with E-state index in [9.17, 15) is 9.59 Å². The third-order valence-electron chi connectivity index (χ3n) is 1.94. The average Bonchev–Trinajstić information content (AvgIpc) is 2.13. The van der Waals surface area contributed by atoms with Crippen molar-refractivity contribution in [3.63, 3.8) is 0 Å². The molecule has 88 valence electrons. The summed E-state index contributed by atoms with van der Waals surface area (Å²) in [4.78, 5) is 23.1. The molecule has 7 heteroatoms. The highest BCUT2D eigenvalue weighted by Gasteiger charge is 2.24. The van der Waals surface area contributed by atoms with Crippen molar-refractivity contribution in [2.24, 2.45) is 11.5 Å². The second-order valence-corrected chi connectivity index (χ2v) is 3.07. The van der Waals surface area contributed by atoms with Crippen LogP contribution >= 0.6 is 0 Å². The molecule has 0 radical (unpaired) electrons. The number of carbonyl (C=O) groups is 2. The van der Waals surface area contributed by atoms with Crippen LogP contribution in [0.15, 0.2) is 0 Å². The molecule has 0 saturated carbocycles. The van der Waals surface area contributed by atoms with Crippen molar-refractivity contribution in [3.8, 4) is 0 Å². The van der Waals surface area contributed by atoms with Crippen LogP contribution < -0.4 is 11.5 Å². The van der Waals surface area contributed by atoms with Gasteiger partial charge in [-0.2, -0.15) is 0 Å². The summed E-state index contributed by atoms with van der Waals surface area (Å²) in [5.41, 5.74) is 10.1. The van der Waals surface area contributed by atoms with E-state index in [-0.39, 0.29) is 32.7 Å². The minimum atomic E-state index is -0.873. The molecule has 0 bridgehead atoms. The van der Waals surface area contributed by atoms with Gasteiger partial charge in [-0.25, -0.2) is 0 Å². The van der Waals surface area contributed by atoms with E-state index in [1.807, 2.05) is 0 Å². The maximum absolute atomic E-state index is 11.0. The summed E-state index contributed by atoms with van der Waals surface area (Å²) in [5.74, 6) is -1.35. The van der Waals surface area contributed by atoms with Gasteiger partial charge in [-0.05, 0) is 0 Å². The van der Waals surface area contributed by atoms with Crippen molar-refractivity contribution in [1.29, 1.82) is 0 Å². The Morgan fingerprint density at radius 1 is 1.13 bits per heavy atom. The van der Waals surface area contributed by atoms with Gasteiger partial charge < -0.3 is 21.7 Å². The van der Waals surface area contributed by atoms with Crippen LogP contribution in [-0.2, 0) is 9.59 Å². The van der Waals surface area contributed by atoms with Gasteiger partial charge in [-0.15, -0.1) is 0 Å². The van der Waals surface area contributed by atoms with E-state index in [1.165, 1.54) is 4.90 Å². The minimum absolute atomic E-state index is 0.154. The van der Waals surface area contributed by atoms with Crippen LogP contribution in [0.25, 0.3) is 0 Å². The Morgan fingerprint density at radius 3 is 1.87 bits per heavy atom. The first kappa shape index (κ1) is 13.8. The number of aliphatic hydroxyl groups excluding tert-OH is 2. The molecule has 15 heavy (non-hydrogen) atoms. The molecule has 0 spiro atoms. The standard InChI is InChI=1S/C8H17N3O4/c9-7(14)5-6(8(10)15)11(1-3-12)2-4-13/h6,12-13H,1-5H2,(H2,9,14)(H2,10,15). The highest BCUT2D eigenvalue weighted by Crippen LogP contribution is 2.03. The maximum atomic E-state index is 11.0. The van der Waals surface area contributed by atoms with Crippen molar-refractivity contribution in [2.75, 3.05) is 26.3 Å². The van der Waals surface area contributed by atoms with Crippen molar-refractivity contribution < 1.29 is 19.8 Å². The van der Waals surface area contributed by atoms with Crippen LogP contribution in [0, 0.1) is 0 Å². The van der Waals surface area contributed by atoms with Crippen molar-refractivity contribution in [3.05, 3.63) is 0 Å². The Bertz CT molecular complexity index is 216. The van der Waals surface area contributed by atoms with Gasteiger partial charge in [0, 0.05) is 13.1 Å². The maximum Gasteiger partial charge on any atom is 0.235 e. The predicted molar refractivity (Wildman–Crippen MR) is 52.5 cm³/mol. The second-order valence-electron chi connectivity index (χ2n) is 3.07. The molecule has 1 atom stereocenters. The van der Waals surface area contributed by atoms with Crippen molar-refractivity contribution in [1.82, 2.24) is 4.90 Å². The topological polar surface area (TPSA) is 130 Å². The number of hydrogen-bond donors (Lipinski definition) is 4. The lowest BCUT2D eigenvalue weighted by Crippen LogP contribution is -2.49. The fourth-order valence-corrected chi connectivity index (χ4v) is 1.28. The smallest absolute Gasteiger partial charge is 0.235 e. The van der Waals surface area contributed by atoms with Gasteiger partial charge in [0.25, 0.3) is 0 Å². The summed E-state index contributed by atoms with van der Waals surface area (Å²) >= 11 is 0. The Morgan fingerprint density at radius 2 is 1.60 bits per heavy atom. The van der Waals surface area contributed by atoms with Crippen LogP contribution in [0.5, 0.6) is 0 Å². The Kier molecular flexibility index (Phi) is 6.59. The first-order valence-corrected chi connectivity index (χ1v) is 4.56. The molecule has 0 aliphatic rings. The molecular weight excluding hydrogens is 202 g/mol. The molecule has 6 N–H and O–H groups in total. The summed E-state index contributed by atoms with van der Waals surface area (Å²) in [6, 6.07) is -0.873. The number of nitrogens with two attached hydrogens (primary N) is 2. The van der Waals surface area contributed by atoms with Crippen molar-refractivity contribution in [2.45, 2.75) is 12.5 Å². The Balaban J connectivity index is 4.50. The number of hydrogen-bond acceptors (Lipinski definition) is 5. The zero-order valence-corrected chi connectivity index (χ0v) is 8.43. The quantitative estimate of drug-likeness (QED) is 0.345. The molecule has 7 nitrogen and oxygen atoms in total. The molecule has 0 aromatic heterocycles. The number of rotatable bonds is 8. The van der Waals surface area contributed by atoms with Crippen LogP contribution in [0.1, 0.15) is 6.42 Å². The van der Waals surface area contributed by atoms with Gasteiger partial charge in [-0.1, -0.05) is 0 Å². The molecule has 1 unspecified atom stereocenters. The van der Waals surface area contributed by atoms with Crippen molar-refractivity contribution >= 4 is 11.8 Å². The Hall–Kier alpha value is -1.18. The third kappa shape index (κ3) is 5.31. The first-order chi connectivity index (χ1) is 7.02. The molecule has 0 heterocycles. The van der Waals surface area contributed by atoms with E-state index in [1.54, 1.807) is 0 Å². The second kappa shape index (κ2) is 7.16. The monoisotopic (exact) mass is 219 g/mol. The average molecular weight is 219 g/mol. The molecule has 0 aromatic rings. The molecule has 0 fully saturated rings. The van der Waals surface area contributed by atoms with Gasteiger partial charge >= 0.3 is 0 Å². The van der Waals surface area contributed by atoms with Crippen LogP contribution in [-0.4, -0.2) is 59.3 Å². The number of aliphatic hydroxyl groups is 2. The summed E-state index contributed by atoms with van der Waals surface area (Å²) in [6.45, 7) is -0.0754. The first-order valence-electron chi connectivity index (χ1n) is 4.56. The summed E-state index contributed by atoms with van der Waals surface area (Å²) in [5, 5.41) is 17.5. The lowest BCUT2D eigenvalue weighted by atomic mass is 10.1. The summed E-state index contributed by atoms with van der Waals surface area (Å²) in [7, 11) is 0. The molecular formula is C8H17N3O4. The van der Waals surface area contributed by atoms with E-state index >= 15 is 0 Å². The highest BCUT2D eigenvalue weighted by atomic mass is 16.3. The molecule has 0 aliphatic heterocycles. The lowest BCUT2D eigenvalue weighted by Gasteiger charge is -2.27. The fourth-order valence-electron chi connectivity index (χ4n) is 1.28. The molecule has 2 amide bonds. The lowest BCUT2D eigenvalue weighted by molar-refractivity contribution is -0.128. The van der Waals surface area contributed by atoms with E-state index in [0.717, 1.165) is 0 Å². The Labute approximate surface area is 87.6 Å². The minimum Gasteiger partial charge on any atom is -0.395 e. The van der Waals surface area contributed by atoms with Gasteiger partial charge in [0.2, 0.25) is 11.8 Å². The van der Waals surface area contributed by atoms with Crippen LogP contribution in [0.4, 0.5) is 0 Å². The van der Waals surface area contributed by atoms with Crippen LogP contribution in [0.2, 0.25) is 0 Å². The fraction of sp³-hybridized carbons (Fsp3) is 0.750. The molecule has 0 aliphatic carbocycles. The molecule has 0 saturated heterocycles. The molecule has 0 rings (SSSR count). The zero-order valence-electron chi connectivity index (χ0n) is 8.43. The summed E-state index contributed by atoms with van der Waals surface area (Å²) in [6.07, 6.45) is -0.213. The SMILES string of the molecule is NC(=O)CC(C(N)=O)N(CCO)CCO. The number of carbonyl (C=O) groups excluding carboxylic acids is 2. The number of nitrogens with zero attached hydrogens (tertiary/aromatic N) is 1. The van der Waals surface area contributed by atoms with E-state index < -0.39 is 17.9 Å². The van der Waals surface area contributed by atoms with E-state index in [4.69, 9.17) is 21.7 Å². The number of primary amides is 2.